The monoisotopic (exact) mass is 304 g/mol. The number of hydrogen-bond donors (Lipinski definition) is 1. The minimum atomic E-state index is -0.540. The van der Waals surface area contributed by atoms with Crippen LogP contribution in [0.1, 0.15) is 49.0 Å². The third kappa shape index (κ3) is 2.10. The van der Waals surface area contributed by atoms with Crippen LogP contribution in [0.4, 0.5) is 5.69 Å². The fraction of sp³-hybridized carbons (Fsp3) is 0.733. The summed E-state index contributed by atoms with van der Waals surface area (Å²) in [6, 6.07) is 0. The molecule has 5 rings (SSSR count). The van der Waals surface area contributed by atoms with Crippen LogP contribution in [0.5, 0.6) is 0 Å². The predicted octanol–water partition coefficient (Wildman–Crippen LogP) is 2.03. The number of nitrogens with zero attached hydrogens (tertiary/aromatic N) is 3. The molecule has 0 aromatic carbocycles. The second-order valence-corrected chi connectivity index (χ2v) is 7.45. The predicted molar refractivity (Wildman–Crippen MR) is 78.2 cm³/mol. The number of hydrogen-bond acceptors (Lipinski definition) is 4. The first-order valence-corrected chi connectivity index (χ1v) is 7.95. The Kier molecular flexibility index (Phi) is 2.83. The van der Waals surface area contributed by atoms with Crippen LogP contribution < -0.4 is 5.32 Å². The molecule has 4 fully saturated rings. The van der Waals surface area contributed by atoms with E-state index in [1.165, 1.54) is 30.1 Å². The van der Waals surface area contributed by atoms with Crippen LogP contribution in [-0.4, -0.2) is 26.1 Å². The zero-order chi connectivity index (χ0) is 15.5. The largest absolute Gasteiger partial charge is 0.345 e. The lowest BCUT2D eigenvalue weighted by Gasteiger charge is -2.56. The zero-order valence-corrected chi connectivity index (χ0v) is 12.6. The Labute approximate surface area is 128 Å². The molecule has 4 saturated carbocycles. The van der Waals surface area contributed by atoms with Crippen molar-refractivity contribution in [1.29, 1.82) is 0 Å². The van der Waals surface area contributed by atoms with Crippen LogP contribution in [0.15, 0.2) is 6.20 Å². The second kappa shape index (κ2) is 4.54. The Morgan fingerprint density at radius 2 is 1.86 bits per heavy atom. The molecule has 0 saturated heterocycles. The highest BCUT2D eigenvalue weighted by Gasteiger charge is 2.52. The lowest BCUT2D eigenvalue weighted by atomic mass is 9.53. The SMILES string of the molecule is Cn1cc([N+](=O)[O-])c(C(=O)NC23CC4CC(CC(C4)C2)C3)n1. The number of carbonyl (C=O) groups is 1. The molecule has 0 spiro atoms. The van der Waals surface area contributed by atoms with Crippen molar-refractivity contribution in [2.75, 3.05) is 0 Å². The molecule has 7 nitrogen and oxygen atoms in total. The molecule has 0 unspecified atom stereocenters. The van der Waals surface area contributed by atoms with Gasteiger partial charge in [0.25, 0.3) is 5.91 Å². The Balaban J connectivity index is 1.59. The molecule has 0 atom stereocenters. The minimum absolute atomic E-state index is 0.0664. The van der Waals surface area contributed by atoms with Gasteiger partial charge in [-0.25, -0.2) is 0 Å². The van der Waals surface area contributed by atoms with Crippen LogP contribution in [0.25, 0.3) is 0 Å². The number of carbonyl (C=O) groups excluding carboxylic acids is 1. The first-order valence-electron chi connectivity index (χ1n) is 7.95. The van der Waals surface area contributed by atoms with E-state index >= 15 is 0 Å². The van der Waals surface area contributed by atoms with E-state index in [0.717, 1.165) is 19.3 Å². The molecule has 0 radical (unpaired) electrons. The van der Waals surface area contributed by atoms with Crippen molar-refractivity contribution in [1.82, 2.24) is 15.1 Å². The highest BCUT2D eigenvalue weighted by atomic mass is 16.6. The smallest absolute Gasteiger partial charge is 0.320 e. The summed E-state index contributed by atoms with van der Waals surface area (Å²) < 4.78 is 1.33. The molecule has 1 aromatic rings. The molecule has 4 aliphatic carbocycles. The summed E-state index contributed by atoms with van der Waals surface area (Å²) in [6.45, 7) is 0. The minimum Gasteiger partial charge on any atom is -0.345 e. The fourth-order valence-corrected chi connectivity index (χ4v) is 5.34. The molecular weight excluding hydrogens is 284 g/mol. The van der Waals surface area contributed by atoms with Gasteiger partial charge in [0.15, 0.2) is 0 Å². The molecule has 7 heteroatoms. The quantitative estimate of drug-likeness (QED) is 0.683. The van der Waals surface area contributed by atoms with Crippen LogP contribution in [0, 0.1) is 27.9 Å². The molecule has 1 amide bonds. The lowest BCUT2D eigenvalue weighted by Crippen LogP contribution is -2.59. The third-order valence-electron chi connectivity index (χ3n) is 5.64. The van der Waals surface area contributed by atoms with Crippen LogP contribution in [-0.2, 0) is 7.05 Å². The van der Waals surface area contributed by atoms with Crippen LogP contribution >= 0.6 is 0 Å². The maximum Gasteiger partial charge on any atom is 0.320 e. The van der Waals surface area contributed by atoms with Gasteiger partial charge in [-0.2, -0.15) is 5.10 Å². The average molecular weight is 304 g/mol. The van der Waals surface area contributed by atoms with Crippen molar-refractivity contribution in [3.05, 3.63) is 22.0 Å². The maximum atomic E-state index is 12.6. The Morgan fingerprint density at radius 1 is 1.32 bits per heavy atom. The number of amides is 1. The van der Waals surface area contributed by atoms with Crippen molar-refractivity contribution < 1.29 is 9.72 Å². The van der Waals surface area contributed by atoms with Gasteiger partial charge in [-0.3, -0.25) is 19.6 Å². The molecule has 0 aliphatic heterocycles. The maximum absolute atomic E-state index is 12.6. The van der Waals surface area contributed by atoms with Crippen molar-refractivity contribution in [3.8, 4) is 0 Å². The van der Waals surface area contributed by atoms with Gasteiger partial charge in [0.1, 0.15) is 6.20 Å². The third-order valence-corrected chi connectivity index (χ3v) is 5.64. The Morgan fingerprint density at radius 3 is 2.36 bits per heavy atom. The second-order valence-electron chi connectivity index (χ2n) is 7.45. The fourth-order valence-electron chi connectivity index (χ4n) is 5.34. The van der Waals surface area contributed by atoms with Gasteiger partial charge in [0.05, 0.1) is 4.92 Å². The van der Waals surface area contributed by atoms with E-state index in [-0.39, 0.29) is 16.9 Å². The van der Waals surface area contributed by atoms with E-state index in [1.807, 2.05) is 0 Å². The Bertz CT molecular complexity index is 616. The van der Waals surface area contributed by atoms with Gasteiger partial charge in [-0.15, -0.1) is 0 Å². The summed E-state index contributed by atoms with van der Waals surface area (Å²) in [5.41, 5.74) is -0.440. The number of aryl methyl sites for hydroxylation is 1. The summed E-state index contributed by atoms with van der Waals surface area (Å²) in [5.74, 6) is 1.75. The summed E-state index contributed by atoms with van der Waals surface area (Å²) in [4.78, 5) is 23.1. The molecule has 4 bridgehead atoms. The van der Waals surface area contributed by atoms with E-state index in [4.69, 9.17) is 0 Å². The number of aromatic nitrogens is 2. The highest BCUT2D eigenvalue weighted by molar-refractivity contribution is 5.96. The topological polar surface area (TPSA) is 90.1 Å². The van der Waals surface area contributed by atoms with Gasteiger partial charge in [-0.05, 0) is 56.3 Å². The highest BCUT2D eigenvalue weighted by Crippen LogP contribution is 2.55. The van der Waals surface area contributed by atoms with Crippen molar-refractivity contribution in [2.45, 2.75) is 44.1 Å². The van der Waals surface area contributed by atoms with E-state index in [9.17, 15) is 14.9 Å². The van der Waals surface area contributed by atoms with Crippen molar-refractivity contribution in [2.24, 2.45) is 24.8 Å². The van der Waals surface area contributed by atoms with E-state index < -0.39 is 10.8 Å². The van der Waals surface area contributed by atoms with Gasteiger partial charge < -0.3 is 5.32 Å². The molecule has 4 aliphatic rings. The summed E-state index contributed by atoms with van der Waals surface area (Å²) in [6.07, 6.45) is 8.22. The first-order chi connectivity index (χ1) is 10.4. The van der Waals surface area contributed by atoms with Crippen LogP contribution in [0.3, 0.4) is 0 Å². The Hall–Kier alpha value is -1.92. The summed E-state index contributed by atoms with van der Waals surface area (Å²) in [7, 11) is 1.59. The number of nitro groups is 1. The van der Waals surface area contributed by atoms with E-state index in [0.29, 0.717) is 17.8 Å². The normalized spacial score (nSPS) is 35.6. The van der Waals surface area contributed by atoms with Gasteiger partial charge >= 0.3 is 5.69 Å². The van der Waals surface area contributed by atoms with Gasteiger partial charge in [-0.1, -0.05) is 0 Å². The standard InChI is InChI=1S/C15H20N4O3/c1-18-8-12(19(21)22)13(17-18)14(20)16-15-5-9-2-10(6-15)4-11(3-9)7-15/h8-11H,2-7H2,1H3,(H,16,20). The molecular formula is C15H20N4O3. The molecule has 1 aromatic heterocycles. The van der Waals surface area contributed by atoms with Crippen molar-refractivity contribution >= 4 is 11.6 Å². The molecule has 1 heterocycles. The summed E-state index contributed by atoms with van der Waals surface area (Å²) in [5, 5.41) is 18.2. The van der Waals surface area contributed by atoms with Crippen molar-refractivity contribution in [3.63, 3.8) is 0 Å². The van der Waals surface area contributed by atoms with Gasteiger partial charge in [0.2, 0.25) is 5.69 Å². The molecule has 118 valence electrons. The van der Waals surface area contributed by atoms with Gasteiger partial charge in [0, 0.05) is 12.6 Å². The average Bonchev–Trinajstić information content (AvgIpc) is 2.79. The van der Waals surface area contributed by atoms with E-state index in [2.05, 4.69) is 10.4 Å². The molecule has 22 heavy (non-hydrogen) atoms. The summed E-state index contributed by atoms with van der Waals surface area (Å²) >= 11 is 0. The number of rotatable bonds is 3. The van der Waals surface area contributed by atoms with E-state index in [1.54, 1.807) is 7.05 Å². The molecule has 1 N–H and O–H groups in total. The zero-order valence-electron chi connectivity index (χ0n) is 12.6. The van der Waals surface area contributed by atoms with Crippen LogP contribution in [0.2, 0.25) is 0 Å². The lowest BCUT2D eigenvalue weighted by molar-refractivity contribution is -0.385. The first kappa shape index (κ1) is 13.7. The number of nitrogens with one attached hydrogen (secondary N) is 1.